The Morgan fingerprint density at radius 2 is 2.00 bits per heavy atom. The van der Waals surface area contributed by atoms with Gasteiger partial charge in [0, 0.05) is 32.5 Å². The average molecular weight is 284 g/mol. The molecule has 2 rings (SSSR count). The molecule has 2 saturated heterocycles. The maximum atomic E-state index is 12.7. The zero-order valence-electron chi connectivity index (χ0n) is 13.0. The van der Waals surface area contributed by atoms with Gasteiger partial charge in [-0.25, -0.2) is 0 Å². The SMILES string of the molecule is CCOC(=O)C1(N2CCCNCC2)CC(C)OC(C)C1. The second kappa shape index (κ2) is 6.87. The molecule has 5 nitrogen and oxygen atoms in total. The van der Waals surface area contributed by atoms with Crippen molar-refractivity contribution in [2.24, 2.45) is 0 Å². The van der Waals surface area contributed by atoms with Crippen molar-refractivity contribution in [3.05, 3.63) is 0 Å². The highest BCUT2D eigenvalue weighted by Gasteiger charge is 2.50. The quantitative estimate of drug-likeness (QED) is 0.789. The second-order valence-corrected chi connectivity index (χ2v) is 6.01. The van der Waals surface area contributed by atoms with Crippen molar-refractivity contribution in [2.45, 2.75) is 57.8 Å². The Bertz CT molecular complexity index is 317. The first kappa shape index (κ1) is 15.7. The molecule has 1 N–H and O–H groups in total. The smallest absolute Gasteiger partial charge is 0.326 e. The van der Waals surface area contributed by atoms with Crippen molar-refractivity contribution in [1.82, 2.24) is 10.2 Å². The van der Waals surface area contributed by atoms with Gasteiger partial charge in [0.25, 0.3) is 0 Å². The van der Waals surface area contributed by atoms with E-state index in [1.165, 1.54) is 0 Å². The number of rotatable bonds is 3. The van der Waals surface area contributed by atoms with Crippen molar-refractivity contribution >= 4 is 5.97 Å². The van der Waals surface area contributed by atoms with Crippen LogP contribution in [-0.4, -0.2) is 61.4 Å². The Hall–Kier alpha value is -0.650. The van der Waals surface area contributed by atoms with Gasteiger partial charge in [-0.15, -0.1) is 0 Å². The molecule has 0 aromatic rings. The minimum absolute atomic E-state index is 0.0658. The normalized spacial score (nSPS) is 36.4. The van der Waals surface area contributed by atoms with Crippen LogP contribution in [0.15, 0.2) is 0 Å². The third-order valence-electron chi connectivity index (χ3n) is 4.32. The number of hydrogen-bond acceptors (Lipinski definition) is 5. The predicted molar refractivity (Wildman–Crippen MR) is 77.7 cm³/mol. The lowest BCUT2D eigenvalue weighted by atomic mass is 9.82. The van der Waals surface area contributed by atoms with Crippen LogP contribution in [0.2, 0.25) is 0 Å². The Balaban J connectivity index is 2.24. The molecular formula is C15H28N2O3. The van der Waals surface area contributed by atoms with Gasteiger partial charge in [-0.2, -0.15) is 0 Å². The van der Waals surface area contributed by atoms with Crippen molar-refractivity contribution in [3.8, 4) is 0 Å². The molecule has 2 aliphatic heterocycles. The molecule has 2 heterocycles. The Labute approximate surface area is 122 Å². The summed E-state index contributed by atoms with van der Waals surface area (Å²) in [6.07, 6.45) is 2.73. The molecule has 0 spiro atoms. The van der Waals surface area contributed by atoms with E-state index in [9.17, 15) is 4.79 Å². The fraction of sp³-hybridized carbons (Fsp3) is 0.933. The highest BCUT2D eigenvalue weighted by Crippen LogP contribution is 2.35. The van der Waals surface area contributed by atoms with Crippen LogP contribution in [0.3, 0.4) is 0 Å². The van der Waals surface area contributed by atoms with Crippen LogP contribution in [0, 0.1) is 0 Å². The third-order valence-corrected chi connectivity index (χ3v) is 4.32. The van der Waals surface area contributed by atoms with Gasteiger partial charge >= 0.3 is 5.97 Å². The van der Waals surface area contributed by atoms with Crippen LogP contribution < -0.4 is 5.32 Å². The number of carbonyl (C=O) groups is 1. The number of hydrogen-bond donors (Lipinski definition) is 1. The van der Waals surface area contributed by atoms with E-state index in [-0.39, 0.29) is 18.2 Å². The van der Waals surface area contributed by atoms with Gasteiger partial charge in [-0.05, 0) is 33.7 Å². The van der Waals surface area contributed by atoms with Gasteiger partial charge in [0.05, 0.1) is 18.8 Å². The van der Waals surface area contributed by atoms with E-state index in [4.69, 9.17) is 9.47 Å². The number of esters is 1. The maximum Gasteiger partial charge on any atom is 0.326 e. The van der Waals surface area contributed by atoms with E-state index < -0.39 is 5.54 Å². The van der Waals surface area contributed by atoms with Gasteiger partial charge in [-0.3, -0.25) is 9.69 Å². The Morgan fingerprint density at radius 1 is 1.30 bits per heavy atom. The molecule has 0 aromatic heterocycles. The summed E-state index contributed by atoms with van der Waals surface area (Å²) >= 11 is 0. The van der Waals surface area contributed by atoms with Crippen LogP contribution >= 0.6 is 0 Å². The minimum atomic E-state index is -0.501. The second-order valence-electron chi connectivity index (χ2n) is 6.01. The summed E-state index contributed by atoms with van der Waals surface area (Å²) in [7, 11) is 0. The van der Waals surface area contributed by atoms with Gasteiger partial charge in [0.2, 0.25) is 0 Å². The molecule has 116 valence electrons. The van der Waals surface area contributed by atoms with E-state index in [0.717, 1.165) is 45.4 Å². The molecule has 2 atom stereocenters. The van der Waals surface area contributed by atoms with Gasteiger partial charge < -0.3 is 14.8 Å². The molecule has 2 fully saturated rings. The third kappa shape index (κ3) is 3.32. The molecule has 0 aliphatic carbocycles. The van der Waals surface area contributed by atoms with E-state index in [2.05, 4.69) is 24.1 Å². The zero-order valence-corrected chi connectivity index (χ0v) is 13.0. The monoisotopic (exact) mass is 284 g/mol. The number of nitrogens with zero attached hydrogens (tertiary/aromatic N) is 1. The number of carbonyl (C=O) groups excluding carboxylic acids is 1. The van der Waals surface area contributed by atoms with E-state index >= 15 is 0 Å². The zero-order chi connectivity index (χ0) is 14.6. The summed E-state index contributed by atoms with van der Waals surface area (Å²) in [5.41, 5.74) is -0.501. The average Bonchev–Trinajstić information content (AvgIpc) is 2.66. The van der Waals surface area contributed by atoms with Crippen LogP contribution in [0.1, 0.15) is 40.0 Å². The highest BCUT2D eigenvalue weighted by molar-refractivity contribution is 5.81. The standard InChI is InChI=1S/C15H28N2O3/c1-4-19-14(18)15(10-12(2)20-13(3)11-15)17-8-5-6-16-7-9-17/h12-13,16H,4-11H2,1-3H3. The Morgan fingerprint density at radius 3 is 2.65 bits per heavy atom. The molecule has 0 radical (unpaired) electrons. The molecular weight excluding hydrogens is 256 g/mol. The van der Waals surface area contributed by atoms with Crippen LogP contribution in [0.4, 0.5) is 0 Å². The summed E-state index contributed by atoms with van der Waals surface area (Å²) in [5, 5.41) is 3.40. The lowest BCUT2D eigenvalue weighted by Gasteiger charge is -2.47. The van der Waals surface area contributed by atoms with Crippen molar-refractivity contribution in [1.29, 1.82) is 0 Å². The van der Waals surface area contributed by atoms with Crippen LogP contribution in [-0.2, 0) is 14.3 Å². The fourth-order valence-corrected chi connectivity index (χ4v) is 3.62. The van der Waals surface area contributed by atoms with Crippen molar-refractivity contribution in [2.75, 3.05) is 32.8 Å². The van der Waals surface area contributed by atoms with Crippen LogP contribution in [0.25, 0.3) is 0 Å². The molecule has 5 heteroatoms. The molecule has 0 aromatic carbocycles. The minimum Gasteiger partial charge on any atom is -0.465 e. The lowest BCUT2D eigenvalue weighted by Crippen LogP contribution is -2.61. The summed E-state index contributed by atoms with van der Waals surface area (Å²) < 4.78 is 11.3. The van der Waals surface area contributed by atoms with Crippen molar-refractivity contribution < 1.29 is 14.3 Å². The first-order valence-corrected chi connectivity index (χ1v) is 7.87. The van der Waals surface area contributed by atoms with Crippen LogP contribution in [0.5, 0.6) is 0 Å². The molecule has 0 saturated carbocycles. The van der Waals surface area contributed by atoms with E-state index in [1.807, 2.05) is 6.92 Å². The van der Waals surface area contributed by atoms with Gasteiger partial charge in [0.15, 0.2) is 0 Å². The highest BCUT2D eigenvalue weighted by atomic mass is 16.5. The first-order valence-electron chi connectivity index (χ1n) is 7.87. The summed E-state index contributed by atoms with van der Waals surface area (Å²) in [6, 6.07) is 0. The topological polar surface area (TPSA) is 50.8 Å². The van der Waals surface area contributed by atoms with Gasteiger partial charge in [0.1, 0.15) is 5.54 Å². The number of ether oxygens (including phenoxy) is 2. The summed E-state index contributed by atoms with van der Waals surface area (Å²) in [5.74, 6) is -0.0658. The fourth-order valence-electron chi connectivity index (χ4n) is 3.62. The molecule has 0 amide bonds. The summed E-state index contributed by atoms with van der Waals surface area (Å²) in [6.45, 7) is 10.2. The first-order chi connectivity index (χ1) is 9.58. The predicted octanol–water partition coefficient (Wildman–Crippen LogP) is 1.17. The maximum absolute atomic E-state index is 12.7. The molecule has 0 bridgehead atoms. The number of nitrogens with one attached hydrogen (secondary N) is 1. The largest absolute Gasteiger partial charge is 0.465 e. The lowest BCUT2D eigenvalue weighted by molar-refractivity contribution is -0.174. The molecule has 2 unspecified atom stereocenters. The molecule has 20 heavy (non-hydrogen) atoms. The van der Waals surface area contributed by atoms with E-state index in [1.54, 1.807) is 0 Å². The van der Waals surface area contributed by atoms with Crippen molar-refractivity contribution in [3.63, 3.8) is 0 Å². The summed E-state index contributed by atoms with van der Waals surface area (Å²) in [4.78, 5) is 15.0. The van der Waals surface area contributed by atoms with E-state index in [0.29, 0.717) is 6.61 Å². The van der Waals surface area contributed by atoms with Gasteiger partial charge in [-0.1, -0.05) is 0 Å². The molecule has 2 aliphatic rings. The Kier molecular flexibility index (Phi) is 5.41.